The maximum Gasteiger partial charge on any atom is 0.238 e. The lowest BCUT2D eigenvalue weighted by molar-refractivity contribution is 0.0396. The molecule has 32 heavy (non-hydrogen) atoms. The largest absolute Gasteiger partial charge is 0.487 e. The highest BCUT2D eigenvalue weighted by Gasteiger charge is 2.43. The van der Waals surface area contributed by atoms with Crippen molar-refractivity contribution >= 4 is 40.0 Å². The zero-order valence-corrected chi connectivity index (χ0v) is 21.4. The summed E-state index contributed by atoms with van der Waals surface area (Å²) in [5, 5.41) is 12.2. The minimum Gasteiger partial charge on any atom is -0.487 e. The molecule has 2 aromatic rings. The molecular weight excluding hydrogens is 539 g/mol. The molecule has 2 aromatic carbocycles. The minimum absolute atomic E-state index is 0. The molecule has 7 nitrogen and oxygen atoms in total. The number of nitrogens with two attached hydrogens (primary N) is 1. The van der Waals surface area contributed by atoms with Crippen molar-refractivity contribution in [2.24, 2.45) is 10.1 Å². The number of nitrogens with zero attached hydrogens (tertiary/aromatic N) is 1. The molecule has 4 rings (SSSR count). The number of hydrogen-bond acceptors (Lipinski definition) is 4. The predicted octanol–water partition coefficient (Wildman–Crippen LogP) is 3.84. The van der Waals surface area contributed by atoms with Crippen molar-refractivity contribution in [3.63, 3.8) is 0 Å². The smallest absolute Gasteiger partial charge is 0.238 e. The van der Waals surface area contributed by atoms with E-state index < -0.39 is 10.0 Å². The molecule has 0 amide bonds. The van der Waals surface area contributed by atoms with E-state index in [0.29, 0.717) is 12.5 Å². The van der Waals surface area contributed by atoms with Crippen LogP contribution in [0, 0.1) is 0 Å². The van der Waals surface area contributed by atoms with Crippen LogP contribution in [0.2, 0.25) is 0 Å². The van der Waals surface area contributed by atoms with Gasteiger partial charge in [-0.15, -0.1) is 24.0 Å². The van der Waals surface area contributed by atoms with E-state index in [0.717, 1.165) is 42.7 Å². The van der Waals surface area contributed by atoms with Gasteiger partial charge in [0.25, 0.3) is 0 Å². The molecule has 4 N–H and O–H groups in total. The average Bonchev–Trinajstić information content (AvgIpc) is 3.19. The standard InChI is InChI=1S/C23H30N4O3S.HI/c1-2-25-22(26-16-17-8-7-9-18(14-17)31(24,28)29)27-20-15-23(12-5-6-13-23)30-21-11-4-3-10-19(20)21;/h3-4,7-11,14,20H,2,5-6,12-13,15-16H2,1H3,(H2,24,28,29)(H2,25,26,27);1H. The molecule has 1 heterocycles. The summed E-state index contributed by atoms with van der Waals surface area (Å²) in [4.78, 5) is 4.80. The first-order valence-corrected chi connectivity index (χ1v) is 12.4. The molecule has 174 valence electrons. The second kappa shape index (κ2) is 10.4. The highest BCUT2D eigenvalue weighted by atomic mass is 127. The van der Waals surface area contributed by atoms with E-state index in [1.165, 1.54) is 18.9 Å². The number of sulfonamides is 1. The summed E-state index contributed by atoms with van der Waals surface area (Å²) in [6, 6.07) is 14.9. The first-order valence-electron chi connectivity index (χ1n) is 10.8. The van der Waals surface area contributed by atoms with Crippen molar-refractivity contribution in [3.8, 4) is 5.75 Å². The summed E-state index contributed by atoms with van der Waals surface area (Å²) in [6.07, 6.45) is 5.45. The van der Waals surface area contributed by atoms with Crippen molar-refractivity contribution in [3.05, 3.63) is 59.7 Å². The van der Waals surface area contributed by atoms with Gasteiger partial charge < -0.3 is 15.4 Å². The SMILES string of the molecule is CCNC(=NCc1cccc(S(N)(=O)=O)c1)NC1CC2(CCCC2)Oc2ccccc21.I. The first kappa shape index (κ1) is 24.8. The van der Waals surface area contributed by atoms with Crippen LogP contribution in [0.3, 0.4) is 0 Å². The fourth-order valence-electron chi connectivity index (χ4n) is 4.55. The summed E-state index contributed by atoms with van der Waals surface area (Å²) in [5.41, 5.74) is 1.82. The molecular formula is C23H31IN4O3S. The van der Waals surface area contributed by atoms with E-state index in [9.17, 15) is 8.42 Å². The number of aliphatic imine (C=N–C) groups is 1. The van der Waals surface area contributed by atoms with Crippen LogP contribution in [-0.4, -0.2) is 26.5 Å². The van der Waals surface area contributed by atoms with Gasteiger partial charge >= 0.3 is 0 Å². The highest BCUT2D eigenvalue weighted by Crippen LogP contribution is 2.46. The van der Waals surface area contributed by atoms with Crippen molar-refractivity contribution in [1.29, 1.82) is 0 Å². The monoisotopic (exact) mass is 570 g/mol. The number of rotatable bonds is 5. The van der Waals surface area contributed by atoms with E-state index in [1.807, 2.05) is 31.2 Å². The zero-order chi connectivity index (χ0) is 21.9. The molecule has 1 spiro atoms. The Morgan fingerprint density at radius 3 is 2.66 bits per heavy atom. The van der Waals surface area contributed by atoms with Gasteiger partial charge in [0.05, 0.1) is 17.5 Å². The molecule has 0 bridgehead atoms. The molecule has 2 aliphatic rings. The number of para-hydroxylation sites is 1. The number of guanidine groups is 1. The molecule has 1 saturated carbocycles. The third-order valence-electron chi connectivity index (χ3n) is 6.01. The van der Waals surface area contributed by atoms with E-state index in [4.69, 9.17) is 14.9 Å². The molecule has 0 saturated heterocycles. The van der Waals surface area contributed by atoms with Gasteiger partial charge in [-0.2, -0.15) is 0 Å². The van der Waals surface area contributed by atoms with Crippen LogP contribution in [0.5, 0.6) is 5.75 Å². The van der Waals surface area contributed by atoms with Crippen molar-refractivity contribution < 1.29 is 13.2 Å². The maximum atomic E-state index is 11.6. The Kier molecular flexibility index (Phi) is 8.05. The van der Waals surface area contributed by atoms with Gasteiger partial charge in [0.2, 0.25) is 10.0 Å². The molecule has 1 fully saturated rings. The number of nitrogens with one attached hydrogen (secondary N) is 2. The predicted molar refractivity (Wildman–Crippen MR) is 137 cm³/mol. The lowest BCUT2D eigenvalue weighted by Crippen LogP contribution is -2.46. The number of fused-ring (bicyclic) bond motifs is 1. The summed E-state index contributed by atoms with van der Waals surface area (Å²) >= 11 is 0. The molecule has 9 heteroatoms. The molecule has 0 aromatic heterocycles. The topological polar surface area (TPSA) is 106 Å². The number of primary sulfonamides is 1. The third-order valence-corrected chi connectivity index (χ3v) is 6.92. The summed E-state index contributed by atoms with van der Waals surface area (Å²) in [7, 11) is -3.74. The Hall–Kier alpha value is -1.85. The highest BCUT2D eigenvalue weighted by molar-refractivity contribution is 14.0. The fraction of sp³-hybridized carbons (Fsp3) is 0.435. The lowest BCUT2D eigenvalue weighted by Gasteiger charge is -2.40. The number of hydrogen-bond donors (Lipinski definition) is 3. The van der Waals surface area contributed by atoms with Crippen LogP contribution in [0.25, 0.3) is 0 Å². The van der Waals surface area contributed by atoms with E-state index in [1.54, 1.807) is 12.1 Å². The lowest BCUT2D eigenvalue weighted by atomic mass is 9.86. The van der Waals surface area contributed by atoms with Gasteiger partial charge in [-0.1, -0.05) is 30.3 Å². The number of ether oxygens (including phenoxy) is 1. The summed E-state index contributed by atoms with van der Waals surface area (Å²) < 4.78 is 29.7. The average molecular weight is 570 g/mol. The van der Waals surface area contributed by atoms with Crippen molar-refractivity contribution in [1.82, 2.24) is 10.6 Å². The Morgan fingerprint density at radius 2 is 1.94 bits per heavy atom. The Bertz CT molecular complexity index is 1070. The molecule has 1 unspecified atom stereocenters. The third kappa shape index (κ3) is 5.74. The second-order valence-electron chi connectivity index (χ2n) is 8.32. The quantitative estimate of drug-likeness (QED) is 0.288. The van der Waals surface area contributed by atoms with Gasteiger partial charge in [-0.25, -0.2) is 18.5 Å². The maximum absolute atomic E-state index is 11.6. The fourth-order valence-corrected chi connectivity index (χ4v) is 5.13. The Balaban J connectivity index is 0.00000289. The molecule has 1 atom stereocenters. The zero-order valence-electron chi connectivity index (χ0n) is 18.2. The normalized spacial score (nSPS) is 19.6. The van der Waals surface area contributed by atoms with Crippen LogP contribution in [0.4, 0.5) is 0 Å². The number of benzene rings is 2. The van der Waals surface area contributed by atoms with E-state index in [2.05, 4.69) is 16.7 Å². The van der Waals surface area contributed by atoms with Crippen molar-refractivity contribution in [2.75, 3.05) is 6.54 Å². The molecule has 1 aliphatic carbocycles. The van der Waals surface area contributed by atoms with Gasteiger partial charge in [-0.05, 0) is 56.4 Å². The van der Waals surface area contributed by atoms with Crippen LogP contribution in [0.1, 0.15) is 56.2 Å². The minimum atomic E-state index is -3.74. The van der Waals surface area contributed by atoms with Gasteiger partial charge in [0.1, 0.15) is 11.4 Å². The number of halogens is 1. The van der Waals surface area contributed by atoms with Crippen LogP contribution >= 0.6 is 24.0 Å². The second-order valence-corrected chi connectivity index (χ2v) is 9.88. The molecule has 1 aliphatic heterocycles. The summed E-state index contributed by atoms with van der Waals surface area (Å²) in [6.45, 7) is 3.09. The van der Waals surface area contributed by atoms with Gasteiger partial charge in [0, 0.05) is 18.5 Å². The van der Waals surface area contributed by atoms with E-state index >= 15 is 0 Å². The Morgan fingerprint density at radius 1 is 1.19 bits per heavy atom. The van der Waals surface area contributed by atoms with Gasteiger partial charge in [-0.3, -0.25) is 0 Å². The van der Waals surface area contributed by atoms with Gasteiger partial charge in [0.15, 0.2) is 5.96 Å². The summed E-state index contributed by atoms with van der Waals surface area (Å²) in [5.74, 6) is 1.64. The van der Waals surface area contributed by atoms with E-state index in [-0.39, 0.29) is 40.5 Å². The molecule has 0 radical (unpaired) electrons. The Labute approximate surface area is 207 Å². The van der Waals surface area contributed by atoms with Crippen LogP contribution in [-0.2, 0) is 16.6 Å². The first-order chi connectivity index (χ1) is 14.9. The van der Waals surface area contributed by atoms with Crippen molar-refractivity contribution in [2.45, 2.75) is 62.1 Å². The van der Waals surface area contributed by atoms with Crippen LogP contribution in [0.15, 0.2) is 58.4 Å². The van der Waals surface area contributed by atoms with Crippen LogP contribution < -0.4 is 20.5 Å².